The first-order valence-electron chi connectivity index (χ1n) is 8.71. The molecule has 1 fully saturated rings. The van der Waals surface area contributed by atoms with Gasteiger partial charge in [0.05, 0.1) is 16.4 Å². The number of carbonyl (C=O) groups is 1. The summed E-state index contributed by atoms with van der Waals surface area (Å²) in [6.07, 6.45) is 0.523. The Bertz CT molecular complexity index is 1180. The summed E-state index contributed by atoms with van der Waals surface area (Å²) in [7, 11) is 1.89. The zero-order chi connectivity index (χ0) is 20.1. The maximum absolute atomic E-state index is 11.7. The Labute approximate surface area is 166 Å². The average Bonchev–Trinajstić information content (AvgIpc) is 3.28. The zero-order valence-corrected chi connectivity index (χ0v) is 16.4. The largest absolute Gasteiger partial charge is 0.375 e. The van der Waals surface area contributed by atoms with Crippen molar-refractivity contribution >= 4 is 27.6 Å². The molecule has 28 heavy (non-hydrogen) atoms. The topological polar surface area (TPSA) is 97.3 Å². The maximum Gasteiger partial charge on any atom is 0.270 e. The molecule has 0 aliphatic carbocycles. The smallest absolute Gasteiger partial charge is 0.270 e. The minimum Gasteiger partial charge on any atom is -0.375 e. The highest BCUT2D eigenvalue weighted by Crippen LogP contribution is 2.29. The molecule has 0 bridgehead atoms. The molecule has 1 unspecified atom stereocenters. The molecule has 0 spiro atoms. The van der Waals surface area contributed by atoms with Crippen molar-refractivity contribution in [2.24, 2.45) is 5.73 Å². The van der Waals surface area contributed by atoms with Crippen molar-refractivity contribution in [1.29, 1.82) is 0 Å². The number of aromatic nitrogens is 3. The van der Waals surface area contributed by atoms with Gasteiger partial charge in [0.25, 0.3) is 5.91 Å². The van der Waals surface area contributed by atoms with Crippen LogP contribution in [-0.2, 0) is 0 Å². The van der Waals surface area contributed by atoms with Crippen LogP contribution in [-0.4, -0.2) is 49.9 Å². The highest BCUT2D eigenvalue weighted by Gasteiger charge is 2.36. The molecule has 142 valence electrons. The van der Waals surface area contributed by atoms with Crippen LogP contribution in [0.2, 0.25) is 0 Å². The van der Waals surface area contributed by atoms with Crippen molar-refractivity contribution in [2.45, 2.75) is 18.9 Å². The molecule has 1 aromatic carbocycles. The standard InChI is InChI=1S/C20H19N5O2S/c1-12-20(27,9-10-24(12)3)8-7-14-5-4-6-15(11-14)25-19-17(28-13(2)22-19)16(23-25)18(21)26/h4-6,11,27H,1,9-10H2,2-3H3,(H2,21,26). The van der Waals surface area contributed by atoms with Crippen LogP contribution < -0.4 is 5.73 Å². The molecule has 8 heteroatoms. The monoisotopic (exact) mass is 393 g/mol. The minimum atomic E-state index is -1.21. The number of hydrogen-bond acceptors (Lipinski definition) is 6. The maximum atomic E-state index is 11.7. The van der Waals surface area contributed by atoms with E-state index in [1.165, 1.54) is 11.3 Å². The number of nitrogens with two attached hydrogens (primary N) is 1. The van der Waals surface area contributed by atoms with E-state index >= 15 is 0 Å². The van der Waals surface area contributed by atoms with E-state index in [0.717, 1.165) is 5.01 Å². The third kappa shape index (κ3) is 2.95. The van der Waals surface area contributed by atoms with Crippen molar-refractivity contribution in [3.8, 4) is 17.5 Å². The lowest BCUT2D eigenvalue weighted by atomic mass is 10.0. The van der Waals surface area contributed by atoms with Gasteiger partial charge < -0.3 is 15.7 Å². The Morgan fingerprint density at radius 2 is 2.25 bits per heavy atom. The van der Waals surface area contributed by atoms with Crippen molar-refractivity contribution in [3.05, 3.63) is 52.8 Å². The van der Waals surface area contributed by atoms with E-state index in [1.807, 2.05) is 43.1 Å². The van der Waals surface area contributed by atoms with Gasteiger partial charge in [-0.3, -0.25) is 4.79 Å². The summed E-state index contributed by atoms with van der Waals surface area (Å²) >= 11 is 1.38. The number of primary amides is 1. The van der Waals surface area contributed by atoms with Crippen LogP contribution >= 0.6 is 11.3 Å². The van der Waals surface area contributed by atoms with Gasteiger partial charge in [-0.15, -0.1) is 11.3 Å². The summed E-state index contributed by atoms with van der Waals surface area (Å²) in [5.41, 5.74) is 7.08. The fourth-order valence-electron chi connectivity index (χ4n) is 3.20. The highest BCUT2D eigenvalue weighted by molar-refractivity contribution is 7.18. The third-order valence-corrected chi connectivity index (χ3v) is 5.78. The van der Waals surface area contributed by atoms with Crippen molar-refractivity contribution < 1.29 is 9.90 Å². The number of fused-ring (bicyclic) bond motifs is 1. The fraction of sp³-hybridized carbons (Fsp3) is 0.250. The summed E-state index contributed by atoms with van der Waals surface area (Å²) in [4.78, 5) is 18.1. The summed E-state index contributed by atoms with van der Waals surface area (Å²) in [5, 5.41) is 15.9. The third-order valence-electron chi connectivity index (χ3n) is 4.82. The Kier molecular flexibility index (Phi) is 4.22. The van der Waals surface area contributed by atoms with E-state index < -0.39 is 11.5 Å². The molecule has 3 heterocycles. The van der Waals surface area contributed by atoms with Crippen LogP contribution in [0.3, 0.4) is 0 Å². The second-order valence-electron chi connectivity index (χ2n) is 6.79. The molecule has 3 N–H and O–H groups in total. The number of rotatable bonds is 2. The average molecular weight is 393 g/mol. The van der Waals surface area contributed by atoms with Gasteiger partial charge in [-0.2, -0.15) is 5.10 Å². The molecule has 1 atom stereocenters. The molecule has 1 amide bonds. The second kappa shape index (κ2) is 6.48. The number of likely N-dealkylation sites (N-methyl/N-ethyl adjacent to an activating group) is 1. The van der Waals surface area contributed by atoms with E-state index in [-0.39, 0.29) is 5.69 Å². The lowest BCUT2D eigenvalue weighted by Crippen LogP contribution is -2.26. The number of aliphatic hydroxyl groups is 1. The van der Waals surface area contributed by atoms with Crippen LogP contribution in [0.15, 0.2) is 36.5 Å². The minimum absolute atomic E-state index is 0.205. The van der Waals surface area contributed by atoms with Gasteiger partial charge >= 0.3 is 0 Å². The SMILES string of the molecule is C=C1N(C)CCC1(O)C#Cc1cccc(-n2nc(C(N)=O)c3sc(C)nc32)c1. The molecule has 3 aromatic rings. The number of likely N-dealkylation sites (tertiary alicyclic amines) is 1. The molecule has 2 aromatic heterocycles. The summed E-state index contributed by atoms with van der Waals surface area (Å²) < 4.78 is 2.27. The van der Waals surface area contributed by atoms with Crippen LogP contribution in [0.1, 0.15) is 27.5 Å². The number of carbonyl (C=O) groups excluding carboxylic acids is 1. The molecule has 7 nitrogen and oxygen atoms in total. The van der Waals surface area contributed by atoms with Crippen molar-refractivity contribution in [3.63, 3.8) is 0 Å². The Hall–Kier alpha value is -3.15. The van der Waals surface area contributed by atoms with Gasteiger partial charge in [0.15, 0.2) is 16.9 Å². The first kappa shape index (κ1) is 18.2. The first-order chi connectivity index (χ1) is 13.3. The summed E-state index contributed by atoms with van der Waals surface area (Å²) in [6, 6.07) is 7.39. The number of aryl methyl sites for hydroxylation is 1. The predicted molar refractivity (Wildman–Crippen MR) is 108 cm³/mol. The molecule has 1 aliphatic heterocycles. The van der Waals surface area contributed by atoms with Crippen molar-refractivity contribution in [2.75, 3.05) is 13.6 Å². The second-order valence-corrected chi connectivity index (χ2v) is 7.99. The summed E-state index contributed by atoms with van der Waals surface area (Å²) in [6.45, 7) is 6.52. The van der Waals surface area contributed by atoms with Crippen LogP contribution in [0.5, 0.6) is 0 Å². The lowest BCUT2D eigenvalue weighted by molar-refractivity contribution is 0.0996. The van der Waals surface area contributed by atoms with E-state index in [2.05, 4.69) is 28.5 Å². The van der Waals surface area contributed by atoms with E-state index in [0.29, 0.717) is 40.3 Å². The zero-order valence-electron chi connectivity index (χ0n) is 15.6. The van der Waals surface area contributed by atoms with E-state index in [4.69, 9.17) is 5.73 Å². The molecular weight excluding hydrogens is 374 g/mol. The number of benzene rings is 1. The lowest BCUT2D eigenvalue weighted by Gasteiger charge is -2.19. The molecular formula is C20H19N5O2S. The Balaban J connectivity index is 1.75. The van der Waals surface area contributed by atoms with Gasteiger partial charge in [-0.25, -0.2) is 9.67 Å². The van der Waals surface area contributed by atoms with Crippen LogP contribution in [0, 0.1) is 18.8 Å². The van der Waals surface area contributed by atoms with E-state index in [9.17, 15) is 9.90 Å². The van der Waals surface area contributed by atoms with Crippen LogP contribution in [0.4, 0.5) is 0 Å². The van der Waals surface area contributed by atoms with Gasteiger partial charge in [-0.05, 0) is 25.1 Å². The number of amides is 1. The molecule has 4 rings (SSSR count). The van der Waals surface area contributed by atoms with Crippen molar-refractivity contribution in [1.82, 2.24) is 19.7 Å². The van der Waals surface area contributed by atoms with Gasteiger partial charge in [-0.1, -0.05) is 24.5 Å². The number of nitrogens with zero attached hydrogens (tertiary/aromatic N) is 4. The predicted octanol–water partition coefficient (Wildman–Crippen LogP) is 1.82. The molecule has 1 saturated heterocycles. The molecule has 0 radical (unpaired) electrons. The number of hydrogen-bond donors (Lipinski definition) is 2. The van der Waals surface area contributed by atoms with E-state index in [1.54, 1.807) is 4.68 Å². The van der Waals surface area contributed by atoms with Gasteiger partial charge in [0, 0.05) is 25.6 Å². The Morgan fingerprint density at radius 1 is 1.46 bits per heavy atom. The highest BCUT2D eigenvalue weighted by atomic mass is 32.1. The normalized spacial score (nSPS) is 19.1. The first-order valence-corrected chi connectivity index (χ1v) is 9.52. The molecule has 1 aliphatic rings. The van der Waals surface area contributed by atoms with Gasteiger partial charge in [0.1, 0.15) is 4.70 Å². The summed E-state index contributed by atoms with van der Waals surface area (Å²) in [5.74, 6) is 5.39. The van der Waals surface area contributed by atoms with Crippen LogP contribution in [0.25, 0.3) is 16.0 Å². The Morgan fingerprint density at radius 3 is 2.93 bits per heavy atom. The molecule has 0 saturated carbocycles. The fourth-order valence-corrected chi connectivity index (χ4v) is 4.09. The van der Waals surface area contributed by atoms with Gasteiger partial charge in [0.2, 0.25) is 0 Å². The number of thiazole rings is 1. The quantitative estimate of drug-likeness (QED) is 0.648.